The molecule has 1 heterocycles. The Bertz CT molecular complexity index is 614. The lowest BCUT2D eigenvalue weighted by molar-refractivity contribution is -0.385. The molecule has 0 amide bonds. The predicted molar refractivity (Wildman–Crippen MR) is 69.5 cm³/mol. The normalized spacial score (nSPS) is 10.7. The fourth-order valence-electron chi connectivity index (χ4n) is 1.80. The van der Waals surface area contributed by atoms with E-state index in [1.54, 1.807) is 18.1 Å². The third-order valence-electron chi connectivity index (χ3n) is 2.73. The van der Waals surface area contributed by atoms with Crippen LogP contribution in [0.5, 0.6) is 0 Å². The van der Waals surface area contributed by atoms with Crippen LogP contribution in [0.1, 0.15) is 11.4 Å². The van der Waals surface area contributed by atoms with Crippen molar-refractivity contribution < 1.29 is 9.31 Å². The molecule has 106 valence electrons. The van der Waals surface area contributed by atoms with E-state index in [9.17, 15) is 14.5 Å². The van der Waals surface area contributed by atoms with Gasteiger partial charge in [-0.05, 0) is 12.1 Å². The number of aryl methyl sites for hydroxylation is 1. The molecule has 8 heteroatoms. The Kier molecular flexibility index (Phi) is 4.36. The average molecular weight is 279 g/mol. The maximum absolute atomic E-state index is 13.1. The van der Waals surface area contributed by atoms with Crippen LogP contribution in [0, 0.1) is 15.9 Å². The summed E-state index contributed by atoms with van der Waals surface area (Å²) in [6.45, 7) is 0.776. The molecule has 2 rings (SSSR count). The predicted octanol–water partition coefficient (Wildman–Crippen LogP) is 1.19. The molecule has 0 saturated carbocycles. The van der Waals surface area contributed by atoms with Crippen molar-refractivity contribution in [3.63, 3.8) is 0 Å². The van der Waals surface area contributed by atoms with E-state index in [4.69, 9.17) is 0 Å². The molecule has 0 atom stereocenters. The van der Waals surface area contributed by atoms with Crippen LogP contribution in [0.4, 0.5) is 10.1 Å². The number of nitro benzene ring substituents is 1. The zero-order valence-electron chi connectivity index (χ0n) is 10.9. The lowest BCUT2D eigenvalue weighted by atomic mass is 10.1. The second-order valence-corrected chi connectivity index (χ2v) is 4.29. The highest BCUT2D eigenvalue weighted by Gasteiger charge is 2.13. The number of aromatic nitrogens is 3. The van der Waals surface area contributed by atoms with Gasteiger partial charge in [-0.25, -0.2) is 9.37 Å². The minimum Gasteiger partial charge on any atom is -0.312 e. The second kappa shape index (κ2) is 6.20. The lowest BCUT2D eigenvalue weighted by Gasteiger charge is -2.05. The molecule has 0 bridgehead atoms. The fraction of sp³-hybridized carbons (Fsp3) is 0.333. The summed E-state index contributed by atoms with van der Waals surface area (Å²) in [5, 5.41) is 18.0. The van der Waals surface area contributed by atoms with Crippen LogP contribution in [0.3, 0.4) is 0 Å². The Morgan fingerprint density at radius 2 is 2.30 bits per heavy atom. The molecule has 0 radical (unpaired) electrons. The minimum absolute atomic E-state index is 0.0881. The van der Waals surface area contributed by atoms with Gasteiger partial charge in [0.25, 0.3) is 5.69 Å². The topological polar surface area (TPSA) is 85.9 Å². The number of benzene rings is 1. The summed E-state index contributed by atoms with van der Waals surface area (Å²) in [4.78, 5) is 14.4. The first-order valence-electron chi connectivity index (χ1n) is 6.04. The van der Waals surface area contributed by atoms with Gasteiger partial charge in [0.15, 0.2) is 5.82 Å². The Hall–Kier alpha value is -2.35. The molecule has 1 aromatic heterocycles. The summed E-state index contributed by atoms with van der Waals surface area (Å²) in [6, 6.07) is 3.43. The summed E-state index contributed by atoms with van der Waals surface area (Å²) in [6.07, 6.45) is 2.21. The Labute approximate surface area is 114 Å². The van der Waals surface area contributed by atoms with Crippen molar-refractivity contribution in [2.75, 3.05) is 6.54 Å². The Morgan fingerprint density at radius 3 is 2.95 bits per heavy atom. The first-order chi connectivity index (χ1) is 9.56. The minimum atomic E-state index is -0.517. The van der Waals surface area contributed by atoms with Crippen molar-refractivity contribution >= 4 is 5.69 Å². The first-order valence-corrected chi connectivity index (χ1v) is 6.04. The summed E-state index contributed by atoms with van der Waals surface area (Å²) >= 11 is 0. The van der Waals surface area contributed by atoms with Gasteiger partial charge >= 0.3 is 0 Å². The smallest absolute Gasteiger partial charge is 0.274 e. The Balaban J connectivity index is 1.90. The maximum atomic E-state index is 13.1. The highest BCUT2D eigenvalue weighted by molar-refractivity contribution is 5.40. The molecule has 0 fully saturated rings. The molecule has 1 N–H and O–H groups in total. The summed E-state index contributed by atoms with van der Waals surface area (Å²) < 4.78 is 14.7. The monoisotopic (exact) mass is 279 g/mol. The molecule has 0 aliphatic rings. The Morgan fingerprint density at radius 1 is 1.50 bits per heavy atom. The number of hydrogen-bond acceptors (Lipinski definition) is 5. The molecule has 20 heavy (non-hydrogen) atoms. The van der Waals surface area contributed by atoms with Crippen LogP contribution in [0.15, 0.2) is 24.5 Å². The van der Waals surface area contributed by atoms with Gasteiger partial charge in [0.05, 0.1) is 4.92 Å². The lowest BCUT2D eigenvalue weighted by Crippen LogP contribution is -2.18. The molecule has 2 aromatic rings. The SMILES string of the molecule is Cn1cnc(CCNCc2cc(F)ccc2[N+](=O)[O-])n1. The first kappa shape index (κ1) is 14.1. The summed E-state index contributed by atoms with van der Waals surface area (Å²) in [5.41, 5.74) is 0.235. The van der Waals surface area contributed by atoms with Crippen LogP contribution in [0.25, 0.3) is 0 Å². The van der Waals surface area contributed by atoms with Gasteiger partial charge in [-0.15, -0.1) is 0 Å². The van der Waals surface area contributed by atoms with Crippen molar-refractivity contribution in [3.8, 4) is 0 Å². The van der Waals surface area contributed by atoms with Crippen LogP contribution >= 0.6 is 0 Å². The molecule has 1 aromatic carbocycles. The molecule has 0 aliphatic carbocycles. The van der Waals surface area contributed by atoms with Gasteiger partial charge < -0.3 is 5.32 Å². The van der Waals surface area contributed by atoms with E-state index in [-0.39, 0.29) is 12.2 Å². The third kappa shape index (κ3) is 3.58. The zero-order chi connectivity index (χ0) is 14.5. The van der Waals surface area contributed by atoms with E-state index < -0.39 is 10.7 Å². The number of halogens is 1. The van der Waals surface area contributed by atoms with E-state index in [1.165, 1.54) is 12.1 Å². The molecule has 0 spiro atoms. The summed E-state index contributed by atoms with van der Waals surface area (Å²) in [7, 11) is 1.78. The van der Waals surface area contributed by atoms with E-state index >= 15 is 0 Å². The van der Waals surface area contributed by atoms with Crippen LogP contribution in [-0.4, -0.2) is 26.2 Å². The standard InChI is InChI=1S/C12H14FN5O2/c1-17-8-15-12(16-17)4-5-14-7-9-6-10(13)2-3-11(9)18(19)20/h2-3,6,8,14H,4-5,7H2,1H3. The number of nitrogens with zero attached hydrogens (tertiary/aromatic N) is 4. The van der Waals surface area contributed by atoms with Gasteiger partial charge in [-0.2, -0.15) is 5.10 Å². The molecule has 0 aliphatic heterocycles. The number of hydrogen-bond donors (Lipinski definition) is 1. The quantitative estimate of drug-likeness (QED) is 0.487. The van der Waals surface area contributed by atoms with Crippen molar-refractivity contribution in [2.24, 2.45) is 7.05 Å². The van der Waals surface area contributed by atoms with Crippen molar-refractivity contribution in [2.45, 2.75) is 13.0 Å². The molecule has 7 nitrogen and oxygen atoms in total. The van der Waals surface area contributed by atoms with E-state index in [2.05, 4.69) is 15.4 Å². The highest BCUT2D eigenvalue weighted by Crippen LogP contribution is 2.19. The van der Waals surface area contributed by atoms with E-state index in [0.717, 1.165) is 6.07 Å². The number of nitro groups is 1. The van der Waals surface area contributed by atoms with Gasteiger partial charge in [-0.1, -0.05) is 0 Å². The number of nitrogens with one attached hydrogen (secondary N) is 1. The second-order valence-electron chi connectivity index (χ2n) is 4.29. The average Bonchev–Trinajstić information content (AvgIpc) is 2.80. The van der Waals surface area contributed by atoms with Crippen LogP contribution in [0.2, 0.25) is 0 Å². The van der Waals surface area contributed by atoms with Gasteiger partial charge in [0.2, 0.25) is 0 Å². The number of rotatable bonds is 6. The molecule has 0 unspecified atom stereocenters. The van der Waals surface area contributed by atoms with Crippen LogP contribution in [-0.2, 0) is 20.0 Å². The molecular weight excluding hydrogens is 265 g/mol. The van der Waals surface area contributed by atoms with Crippen molar-refractivity contribution in [1.82, 2.24) is 20.1 Å². The fourth-order valence-corrected chi connectivity index (χ4v) is 1.80. The van der Waals surface area contributed by atoms with Gasteiger partial charge in [-0.3, -0.25) is 14.8 Å². The van der Waals surface area contributed by atoms with E-state index in [0.29, 0.717) is 24.4 Å². The van der Waals surface area contributed by atoms with Gasteiger partial charge in [0.1, 0.15) is 12.1 Å². The highest BCUT2D eigenvalue weighted by atomic mass is 19.1. The van der Waals surface area contributed by atoms with Gasteiger partial charge in [0, 0.05) is 38.2 Å². The zero-order valence-corrected chi connectivity index (χ0v) is 10.9. The van der Waals surface area contributed by atoms with Crippen molar-refractivity contribution in [1.29, 1.82) is 0 Å². The maximum Gasteiger partial charge on any atom is 0.274 e. The third-order valence-corrected chi connectivity index (χ3v) is 2.73. The van der Waals surface area contributed by atoms with E-state index in [1.807, 2.05) is 0 Å². The van der Waals surface area contributed by atoms with Crippen LogP contribution < -0.4 is 5.32 Å². The largest absolute Gasteiger partial charge is 0.312 e. The molecule has 0 saturated heterocycles. The summed E-state index contributed by atoms with van der Waals surface area (Å²) in [5.74, 6) is 0.201. The van der Waals surface area contributed by atoms with Crippen molar-refractivity contribution in [3.05, 3.63) is 51.8 Å². The molecular formula is C12H14FN5O2.